The summed E-state index contributed by atoms with van der Waals surface area (Å²) in [5.74, 6) is 2.10. The van der Waals surface area contributed by atoms with Crippen molar-refractivity contribution in [3.63, 3.8) is 0 Å². The molecule has 0 aromatic heterocycles. The van der Waals surface area contributed by atoms with Gasteiger partial charge in [0.1, 0.15) is 0 Å². The number of rotatable bonds is 6. The van der Waals surface area contributed by atoms with Crippen LogP contribution in [-0.2, 0) is 5.75 Å². The monoisotopic (exact) mass is 336 g/mol. The lowest BCUT2D eigenvalue weighted by atomic mass is 9.94. The van der Waals surface area contributed by atoms with Gasteiger partial charge < -0.3 is 15.3 Å². The van der Waals surface area contributed by atoms with Crippen molar-refractivity contribution in [3.05, 3.63) is 35.4 Å². The molecule has 1 saturated heterocycles. The fourth-order valence-corrected chi connectivity index (χ4v) is 3.62. The average molecular weight is 337 g/mol. The average Bonchev–Trinajstić information content (AvgIpc) is 2.56. The minimum Gasteiger partial charge on any atom is -0.393 e. The van der Waals surface area contributed by atoms with Gasteiger partial charge in [0.25, 0.3) is 0 Å². The van der Waals surface area contributed by atoms with Crippen molar-refractivity contribution in [1.82, 2.24) is 10.2 Å². The maximum atomic E-state index is 12.2. The van der Waals surface area contributed by atoms with Crippen molar-refractivity contribution in [3.8, 4) is 0 Å². The molecule has 1 aromatic carbocycles. The van der Waals surface area contributed by atoms with E-state index >= 15 is 0 Å². The van der Waals surface area contributed by atoms with E-state index in [1.807, 2.05) is 23.6 Å². The Morgan fingerprint density at radius 2 is 2.17 bits per heavy atom. The second kappa shape index (κ2) is 9.18. The maximum Gasteiger partial charge on any atom is 0.317 e. The first-order chi connectivity index (χ1) is 11.1. The summed E-state index contributed by atoms with van der Waals surface area (Å²) >= 11 is 1.83. The Hall–Kier alpha value is -1.20. The summed E-state index contributed by atoms with van der Waals surface area (Å²) in [5, 5.41) is 12.7. The molecule has 0 saturated carbocycles. The first-order valence-corrected chi connectivity index (χ1v) is 9.56. The molecule has 1 fully saturated rings. The molecule has 5 heteroatoms. The summed E-state index contributed by atoms with van der Waals surface area (Å²) in [6, 6.07) is 8.58. The number of carbonyl (C=O) groups is 1. The van der Waals surface area contributed by atoms with Crippen LogP contribution in [-0.4, -0.2) is 47.5 Å². The lowest BCUT2D eigenvalue weighted by Gasteiger charge is -2.34. The van der Waals surface area contributed by atoms with Gasteiger partial charge in [-0.3, -0.25) is 0 Å². The van der Waals surface area contributed by atoms with Crippen molar-refractivity contribution in [1.29, 1.82) is 0 Å². The lowest BCUT2D eigenvalue weighted by Crippen LogP contribution is -2.47. The van der Waals surface area contributed by atoms with Crippen LogP contribution in [0.5, 0.6) is 0 Å². The third-order valence-electron chi connectivity index (χ3n) is 4.34. The second-order valence-electron chi connectivity index (χ2n) is 6.36. The number of hydrogen-bond donors (Lipinski definition) is 2. The first-order valence-electron chi connectivity index (χ1n) is 8.40. The van der Waals surface area contributed by atoms with Gasteiger partial charge in [-0.1, -0.05) is 29.8 Å². The summed E-state index contributed by atoms with van der Waals surface area (Å²) in [5.41, 5.74) is 2.60. The van der Waals surface area contributed by atoms with Gasteiger partial charge in [-0.2, -0.15) is 11.8 Å². The minimum absolute atomic E-state index is 0.00582. The Morgan fingerprint density at radius 3 is 2.87 bits per heavy atom. The van der Waals surface area contributed by atoms with Crippen LogP contribution in [0.4, 0.5) is 4.79 Å². The molecule has 0 aliphatic carbocycles. The van der Waals surface area contributed by atoms with Gasteiger partial charge in [0.05, 0.1) is 6.10 Å². The van der Waals surface area contributed by atoms with Gasteiger partial charge in [-0.05, 0) is 32.3 Å². The van der Waals surface area contributed by atoms with Gasteiger partial charge in [-0.15, -0.1) is 0 Å². The molecule has 1 aromatic rings. The van der Waals surface area contributed by atoms with E-state index < -0.39 is 0 Å². The molecule has 1 heterocycles. The van der Waals surface area contributed by atoms with E-state index in [0.717, 1.165) is 30.9 Å². The summed E-state index contributed by atoms with van der Waals surface area (Å²) in [6.45, 7) is 6.06. The van der Waals surface area contributed by atoms with E-state index in [1.54, 1.807) is 0 Å². The molecule has 2 rings (SSSR count). The number of thioether (sulfide) groups is 1. The van der Waals surface area contributed by atoms with Crippen LogP contribution < -0.4 is 5.32 Å². The largest absolute Gasteiger partial charge is 0.393 e. The molecule has 0 radical (unpaired) electrons. The summed E-state index contributed by atoms with van der Waals surface area (Å²) < 4.78 is 0. The quantitative estimate of drug-likeness (QED) is 0.785. The lowest BCUT2D eigenvalue weighted by molar-refractivity contribution is 0.0741. The van der Waals surface area contributed by atoms with Gasteiger partial charge in [0, 0.05) is 37.1 Å². The summed E-state index contributed by atoms with van der Waals surface area (Å²) in [7, 11) is 0. The zero-order valence-electron chi connectivity index (χ0n) is 14.1. The highest BCUT2D eigenvalue weighted by Gasteiger charge is 2.26. The van der Waals surface area contributed by atoms with Crippen LogP contribution in [0, 0.1) is 12.8 Å². The number of nitrogens with one attached hydrogen (secondary N) is 1. The number of piperidine rings is 1. The molecule has 2 amide bonds. The van der Waals surface area contributed by atoms with Gasteiger partial charge >= 0.3 is 6.03 Å². The number of nitrogens with zero attached hydrogens (tertiary/aromatic N) is 1. The van der Waals surface area contributed by atoms with Crippen molar-refractivity contribution >= 4 is 17.8 Å². The number of aliphatic hydroxyl groups is 1. The Bertz CT molecular complexity index is 490. The third-order valence-corrected chi connectivity index (χ3v) is 5.37. The second-order valence-corrected chi connectivity index (χ2v) is 7.46. The predicted octanol–water partition coefficient (Wildman–Crippen LogP) is 3.03. The molecule has 2 atom stereocenters. The van der Waals surface area contributed by atoms with Crippen molar-refractivity contribution < 1.29 is 9.90 Å². The highest BCUT2D eigenvalue weighted by atomic mass is 32.2. The highest BCUT2D eigenvalue weighted by Crippen LogP contribution is 2.19. The van der Waals surface area contributed by atoms with Crippen LogP contribution in [0.25, 0.3) is 0 Å². The molecule has 0 spiro atoms. The van der Waals surface area contributed by atoms with Gasteiger partial charge in [0.15, 0.2) is 0 Å². The first kappa shape index (κ1) is 18.1. The standard InChI is InChI=1S/C18H28N2O2S/c1-14-5-7-16(8-6-14)13-23-11-9-19-18(22)20-10-3-4-17(12-20)15(2)21/h5-8,15,17,21H,3-4,9-13H2,1-2H3,(H,19,22)/t15-,17-/m0/s1. The zero-order valence-corrected chi connectivity index (χ0v) is 14.9. The molecule has 1 aliphatic rings. The Kier molecular flexibility index (Phi) is 7.24. The molecule has 4 nitrogen and oxygen atoms in total. The van der Waals surface area contributed by atoms with Crippen molar-refractivity contribution in [2.45, 2.75) is 38.5 Å². The number of benzene rings is 1. The number of urea groups is 1. The number of aryl methyl sites for hydroxylation is 1. The number of hydrogen-bond acceptors (Lipinski definition) is 3. The molecule has 2 N–H and O–H groups in total. The summed E-state index contributed by atoms with van der Waals surface area (Å²) in [6.07, 6.45) is 1.65. The van der Waals surface area contributed by atoms with Crippen LogP contribution in [0.15, 0.2) is 24.3 Å². The topological polar surface area (TPSA) is 52.6 Å². The number of amides is 2. The third kappa shape index (κ3) is 6.07. The van der Waals surface area contributed by atoms with Crippen LogP contribution in [0.2, 0.25) is 0 Å². The Balaban J connectivity index is 1.62. The van der Waals surface area contributed by atoms with Crippen molar-refractivity contribution in [2.24, 2.45) is 5.92 Å². The van der Waals surface area contributed by atoms with Gasteiger partial charge in [0.2, 0.25) is 0 Å². The number of carbonyl (C=O) groups excluding carboxylic acids is 1. The van der Waals surface area contributed by atoms with E-state index in [2.05, 4.69) is 36.5 Å². The number of aliphatic hydroxyl groups excluding tert-OH is 1. The van der Waals surface area contributed by atoms with E-state index in [1.165, 1.54) is 11.1 Å². The Morgan fingerprint density at radius 1 is 1.43 bits per heavy atom. The normalized spacial score (nSPS) is 19.4. The maximum absolute atomic E-state index is 12.2. The molecule has 0 bridgehead atoms. The fraction of sp³-hybridized carbons (Fsp3) is 0.611. The van der Waals surface area contributed by atoms with Crippen LogP contribution >= 0.6 is 11.8 Å². The molecule has 128 valence electrons. The SMILES string of the molecule is Cc1ccc(CSCCNC(=O)N2CCC[C@H]([C@H](C)O)C2)cc1. The molecule has 0 unspecified atom stereocenters. The van der Waals surface area contributed by atoms with E-state index in [9.17, 15) is 9.90 Å². The van der Waals surface area contributed by atoms with E-state index in [0.29, 0.717) is 13.1 Å². The molecule has 23 heavy (non-hydrogen) atoms. The van der Waals surface area contributed by atoms with Crippen LogP contribution in [0.1, 0.15) is 30.9 Å². The minimum atomic E-state index is -0.337. The predicted molar refractivity (Wildman–Crippen MR) is 96.7 cm³/mol. The Labute approximate surface area is 143 Å². The molecule has 1 aliphatic heterocycles. The van der Waals surface area contributed by atoms with E-state index in [4.69, 9.17) is 0 Å². The van der Waals surface area contributed by atoms with Crippen LogP contribution in [0.3, 0.4) is 0 Å². The molecular formula is C18H28N2O2S. The smallest absolute Gasteiger partial charge is 0.317 e. The van der Waals surface area contributed by atoms with E-state index in [-0.39, 0.29) is 18.1 Å². The highest BCUT2D eigenvalue weighted by molar-refractivity contribution is 7.98. The zero-order chi connectivity index (χ0) is 16.7. The van der Waals surface area contributed by atoms with Crippen molar-refractivity contribution in [2.75, 3.05) is 25.4 Å². The number of likely N-dealkylation sites (tertiary alicyclic amines) is 1. The van der Waals surface area contributed by atoms with Gasteiger partial charge in [-0.25, -0.2) is 4.79 Å². The fourth-order valence-electron chi connectivity index (χ4n) is 2.80. The summed E-state index contributed by atoms with van der Waals surface area (Å²) in [4.78, 5) is 14.0. The molecular weight excluding hydrogens is 308 g/mol.